The summed E-state index contributed by atoms with van der Waals surface area (Å²) in [6, 6.07) is 19.3. The molecule has 0 atom stereocenters. The maximum Gasteiger partial charge on any atom is 0.268 e. The van der Waals surface area contributed by atoms with Crippen molar-refractivity contribution in [2.24, 2.45) is 0 Å². The monoisotopic (exact) mass is 434 g/mol. The summed E-state index contributed by atoms with van der Waals surface area (Å²) in [5.41, 5.74) is 3.03. The third kappa shape index (κ3) is 4.95. The fourth-order valence-electron chi connectivity index (χ4n) is 3.32. The van der Waals surface area contributed by atoms with Crippen LogP contribution in [0.1, 0.15) is 21.7 Å². The maximum atomic E-state index is 12.6. The molecule has 1 aromatic heterocycles. The van der Waals surface area contributed by atoms with E-state index in [9.17, 15) is 10.1 Å². The van der Waals surface area contributed by atoms with Crippen LogP contribution in [-0.4, -0.2) is 22.3 Å². The minimum Gasteiger partial charge on any atom is -0.297 e. The van der Waals surface area contributed by atoms with Crippen LogP contribution < -0.4 is 5.32 Å². The Kier molecular flexibility index (Phi) is 6.24. The first-order valence-electron chi connectivity index (χ1n) is 9.54. The fraction of sp³-hybridized carbons (Fsp3) is 0.174. The summed E-state index contributed by atoms with van der Waals surface area (Å²) in [5, 5.41) is 13.3. The number of amides is 1. The number of nitriles is 1. The van der Waals surface area contributed by atoms with Crippen LogP contribution in [0.25, 0.3) is 6.08 Å². The average molecular weight is 435 g/mol. The Hall–Kier alpha value is -2.98. The van der Waals surface area contributed by atoms with Crippen LogP contribution in [0, 0.1) is 11.3 Å². The van der Waals surface area contributed by atoms with Gasteiger partial charge < -0.3 is 0 Å². The zero-order valence-corrected chi connectivity index (χ0v) is 17.7. The third-order valence-electron chi connectivity index (χ3n) is 4.82. The number of benzene rings is 2. The lowest BCUT2D eigenvalue weighted by Gasteiger charge is -2.25. The van der Waals surface area contributed by atoms with E-state index in [-0.39, 0.29) is 5.57 Å². The second-order valence-corrected chi connectivity index (χ2v) is 8.53. The Morgan fingerprint density at radius 2 is 2.00 bits per heavy atom. The van der Waals surface area contributed by atoms with Gasteiger partial charge in [-0.15, -0.1) is 11.3 Å². The zero-order valence-electron chi connectivity index (χ0n) is 16.1. The van der Waals surface area contributed by atoms with Crippen LogP contribution in [0.2, 0.25) is 5.02 Å². The number of fused-ring (bicyclic) bond motifs is 1. The molecule has 0 saturated carbocycles. The number of hydrogen-bond acceptors (Lipinski definition) is 5. The van der Waals surface area contributed by atoms with E-state index in [0.29, 0.717) is 10.2 Å². The normalized spacial score (nSPS) is 14.1. The van der Waals surface area contributed by atoms with Crippen LogP contribution in [-0.2, 0) is 24.3 Å². The Bertz CT molecular complexity index is 1120. The molecule has 1 aliphatic rings. The predicted octanol–water partition coefficient (Wildman–Crippen LogP) is 4.90. The zero-order chi connectivity index (χ0) is 20.9. The Balaban J connectivity index is 1.43. The molecular formula is C23H19ClN4OS. The first kappa shape index (κ1) is 20.3. The van der Waals surface area contributed by atoms with E-state index < -0.39 is 5.91 Å². The highest BCUT2D eigenvalue weighted by atomic mass is 35.5. The number of carbonyl (C=O) groups excluding carboxylic acids is 1. The molecule has 0 aliphatic carbocycles. The molecule has 1 N–H and O–H groups in total. The molecule has 7 heteroatoms. The minimum absolute atomic E-state index is 0.0243. The summed E-state index contributed by atoms with van der Waals surface area (Å²) in [7, 11) is 0. The number of nitrogens with one attached hydrogen (secondary N) is 1. The van der Waals surface area contributed by atoms with E-state index in [1.807, 2.05) is 24.3 Å². The Morgan fingerprint density at radius 3 is 2.73 bits per heavy atom. The Morgan fingerprint density at radius 1 is 1.23 bits per heavy atom. The third-order valence-corrected chi connectivity index (χ3v) is 6.15. The lowest BCUT2D eigenvalue weighted by molar-refractivity contribution is -0.112. The molecule has 1 amide bonds. The van der Waals surface area contributed by atoms with Crippen LogP contribution in [0.5, 0.6) is 0 Å². The van der Waals surface area contributed by atoms with Gasteiger partial charge in [0, 0.05) is 29.5 Å². The molecule has 0 fully saturated rings. The van der Waals surface area contributed by atoms with Gasteiger partial charge in [-0.25, -0.2) is 4.98 Å². The van der Waals surface area contributed by atoms with Gasteiger partial charge in [0.1, 0.15) is 11.6 Å². The molecule has 150 valence electrons. The maximum absolute atomic E-state index is 12.6. The van der Waals surface area contributed by atoms with Crippen LogP contribution in [0.3, 0.4) is 0 Å². The van der Waals surface area contributed by atoms with E-state index in [0.717, 1.165) is 37.3 Å². The van der Waals surface area contributed by atoms with Crippen LogP contribution in [0.4, 0.5) is 5.13 Å². The number of carbonyl (C=O) groups is 1. The van der Waals surface area contributed by atoms with Crippen molar-refractivity contribution >= 4 is 40.1 Å². The minimum atomic E-state index is -0.459. The highest BCUT2D eigenvalue weighted by Gasteiger charge is 2.22. The molecule has 0 unspecified atom stereocenters. The van der Waals surface area contributed by atoms with Crippen molar-refractivity contribution in [3.63, 3.8) is 0 Å². The van der Waals surface area contributed by atoms with Gasteiger partial charge in [-0.1, -0.05) is 54.1 Å². The topological polar surface area (TPSA) is 69.0 Å². The standard InChI is InChI=1S/C23H19ClN4OS/c24-19-8-6-16(7-9-19)12-18(13-25)22(29)27-23-26-20-15-28(11-10-21(20)30-23)14-17-4-2-1-3-5-17/h1-9,12H,10-11,14-15H2,(H,26,27,29). The summed E-state index contributed by atoms with van der Waals surface area (Å²) in [4.78, 5) is 20.7. The lowest BCUT2D eigenvalue weighted by atomic mass is 10.1. The summed E-state index contributed by atoms with van der Waals surface area (Å²) in [5.74, 6) is -0.459. The van der Waals surface area contributed by atoms with Gasteiger partial charge in [0.25, 0.3) is 5.91 Å². The average Bonchev–Trinajstić information content (AvgIpc) is 3.15. The number of hydrogen-bond donors (Lipinski definition) is 1. The highest BCUT2D eigenvalue weighted by Crippen LogP contribution is 2.29. The van der Waals surface area contributed by atoms with E-state index >= 15 is 0 Å². The molecule has 0 spiro atoms. The molecule has 0 bridgehead atoms. The molecule has 1 aliphatic heterocycles. The summed E-state index contributed by atoms with van der Waals surface area (Å²) in [6.45, 7) is 2.58. The molecule has 3 aromatic rings. The number of halogens is 1. The quantitative estimate of drug-likeness (QED) is 0.458. The number of thiazole rings is 1. The van der Waals surface area contributed by atoms with Gasteiger partial charge in [0.05, 0.1) is 5.69 Å². The number of anilines is 1. The number of rotatable bonds is 5. The van der Waals surface area contributed by atoms with Gasteiger partial charge >= 0.3 is 0 Å². The molecule has 30 heavy (non-hydrogen) atoms. The van der Waals surface area contributed by atoms with Gasteiger partial charge in [-0.3, -0.25) is 15.0 Å². The molecular weight excluding hydrogens is 416 g/mol. The molecule has 5 nitrogen and oxygen atoms in total. The summed E-state index contributed by atoms with van der Waals surface area (Å²) < 4.78 is 0. The summed E-state index contributed by atoms with van der Waals surface area (Å²) >= 11 is 7.37. The fourth-order valence-corrected chi connectivity index (χ4v) is 4.40. The molecule has 2 aromatic carbocycles. The molecule has 0 saturated heterocycles. The number of aromatic nitrogens is 1. The van der Waals surface area contributed by atoms with Crippen molar-refractivity contribution in [2.75, 3.05) is 11.9 Å². The van der Waals surface area contributed by atoms with Gasteiger partial charge in [0.2, 0.25) is 0 Å². The van der Waals surface area contributed by atoms with Crippen molar-refractivity contribution in [1.29, 1.82) is 5.26 Å². The first-order chi connectivity index (χ1) is 14.6. The van der Waals surface area contributed by atoms with Crippen molar-refractivity contribution in [2.45, 2.75) is 19.5 Å². The molecule has 4 rings (SSSR count). The van der Waals surface area contributed by atoms with Crippen molar-refractivity contribution < 1.29 is 4.79 Å². The number of nitrogens with zero attached hydrogens (tertiary/aromatic N) is 3. The molecule has 0 radical (unpaired) electrons. The Labute approximate surface area is 184 Å². The predicted molar refractivity (Wildman–Crippen MR) is 120 cm³/mol. The highest BCUT2D eigenvalue weighted by molar-refractivity contribution is 7.15. The van der Waals surface area contributed by atoms with Gasteiger partial charge in [-0.05, 0) is 35.8 Å². The van der Waals surface area contributed by atoms with Crippen molar-refractivity contribution in [3.8, 4) is 6.07 Å². The molecule has 2 heterocycles. The second kappa shape index (κ2) is 9.23. The van der Waals surface area contributed by atoms with E-state index in [2.05, 4.69) is 27.3 Å². The van der Waals surface area contributed by atoms with E-state index in [1.54, 1.807) is 30.3 Å². The van der Waals surface area contributed by atoms with Crippen molar-refractivity contribution in [3.05, 3.63) is 86.9 Å². The van der Waals surface area contributed by atoms with Gasteiger partial charge in [-0.2, -0.15) is 5.26 Å². The lowest BCUT2D eigenvalue weighted by Crippen LogP contribution is -2.29. The van der Waals surface area contributed by atoms with Crippen LogP contribution in [0.15, 0.2) is 60.2 Å². The SMILES string of the molecule is N#CC(=Cc1ccc(Cl)cc1)C(=O)Nc1nc2c(s1)CCN(Cc1ccccc1)C2. The largest absolute Gasteiger partial charge is 0.297 e. The van der Waals surface area contributed by atoms with E-state index in [4.69, 9.17) is 11.6 Å². The second-order valence-electron chi connectivity index (χ2n) is 7.01. The smallest absolute Gasteiger partial charge is 0.268 e. The van der Waals surface area contributed by atoms with Gasteiger partial charge in [0.15, 0.2) is 5.13 Å². The van der Waals surface area contributed by atoms with Crippen LogP contribution >= 0.6 is 22.9 Å². The van der Waals surface area contributed by atoms with E-state index in [1.165, 1.54) is 21.8 Å². The summed E-state index contributed by atoms with van der Waals surface area (Å²) in [6.07, 6.45) is 2.45. The first-order valence-corrected chi connectivity index (χ1v) is 10.7. The van der Waals surface area contributed by atoms with Crippen molar-refractivity contribution in [1.82, 2.24) is 9.88 Å².